The first-order valence-corrected chi connectivity index (χ1v) is 8.14. The molecule has 0 unspecified atom stereocenters. The van der Waals surface area contributed by atoms with Crippen LogP contribution in [0.2, 0.25) is 0 Å². The van der Waals surface area contributed by atoms with Gasteiger partial charge in [-0.2, -0.15) is 0 Å². The maximum Gasteiger partial charge on any atom is -0.0224 e. The van der Waals surface area contributed by atoms with Crippen LogP contribution < -0.4 is 10.6 Å². The molecule has 0 saturated heterocycles. The van der Waals surface area contributed by atoms with E-state index in [1.54, 1.807) is 0 Å². The van der Waals surface area contributed by atoms with Gasteiger partial charge in [-0.15, -0.1) is 0 Å². The number of aryl methyl sites for hydroxylation is 2. The van der Waals surface area contributed by atoms with Gasteiger partial charge in [0, 0.05) is 0 Å². The molecule has 0 amide bonds. The van der Waals surface area contributed by atoms with Gasteiger partial charge in [0.25, 0.3) is 0 Å². The lowest BCUT2D eigenvalue weighted by atomic mass is 10.2. The van der Waals surface area contributed by atoms with Crippen molar-refractivity contribution in [2.45, 2.75) is 13.8 Å². The highest BCUT2D eigenvalue weighted by atomic mass is 31.1. The van der Waals surface area contributed by atoms with E-state index in [0.717, 1.165) is 8.58 Å². The fourth-order valence-corrected chi connectivity index (χ4v) is 3.29. The summed E-state index contributed by atoms with van der Waals surface area (Å²) in [5, 5.41) is 2.83. The molecule has 1 heteroatoms. The first-order valence-electron chi connectivity index (χ1n) is 7.14. The zero-order valence-corrected chi connectivity index (χ0v) is 13.6. The smallest absolute Gasteiger partial charge is 0.0224 e. The monoisotopic (exact) mass is 292 g/mol. The molecule has 106 valence electrons. The molecule has 0 aliphatic heterocycles. The van der Waals surface area contributed by atoms with Crippen molar-refractivity contribution in [3.63, 3.8) is 0 Å². The van der Waals surface area contributed by atoms with E-state index in [2.05, 4.69) is 62.4 Å². The zero-order chi connectivity index (χ0) is 14.9. The molecule has 0 fully saturated rings. The zero-order valence-electron chi connectivity index (χ0n) is 12.6. The molecule has 0 N–H and O–H groups in total. The summed E-state index contributed by atoms with van der Waals surface area (Å²) in [6.45, 7) is 4.29. The molecule has 0 bridgehead atoms. The van der Waals surface area contributed by atoms with Crippen LogP contribution in [-0.4, -0.2) is 0 Å². The summed E-state index contributed by atoms with van der Waals surface area (Å²) in [6.07, 6.45) is 0. The van der Waals surface area contributed by atoms with Crippen LogP contribution >= 0.6 is 8.58 Å². The Balaban J connectivity index is 0.000000225. The molecule has 0 aliphatic carbocycles. The van der Waals surface area contributed by atoms with Crippen molar-refractivity contribution in [2.75, 3.05) is 0 Å². The molecule has 21 heavy (non-hydrogen) atoms. The summed E-state index contributed by atoms with van der Waals surface area (Å²) in [4.78, 5) is 0. The van der Waals surface area contributed by atoms with Gasteiger partial charge < -0.3 is 0 Å². The number of hydrogen-bond acceptors (Lipinski definition) is 0. The van der Waals surface area contributed by atoms with Crippen molar-refractivity contribution < 1.29 is 0 Å². The summed E-state index contributed by atoms with van der Waals surface area (Å²) in [5.41, 5.74) is 2.68. The van der Waals surface area contributed by atoms with E-state index in [4.69, 9.17) is 0 Å². The predicted octanol–water partition coefficient (Wildman–Crippen LogP) is 4.62. The van der Waals surface area contributed by atoms with Gasteiger partial charge in [-0.05, 0) is 24.5 Å². The van der Waals surface area contributed by atoms with Crippen molar-refractivity contribution in [1.82, 2.24) is 0 Å². The van der Waals surface area contributed by atoms with E-state index < -0.39 is 0 Å². The summed E-state index contributed by atoms with van der Waals surface area (Å²) >= 11 is 0. The molecule has 0 nitrogen and oxygen atoms in total. The maximum atomic E-state index is 2.26. The maximum absolute atomic E-state index is 2.26. The van der Waals surface area contributed by atoms with E-state index in [-0.39, 0.29) is 0 Å². The standard InChI is InChI=1S/C14H15P.C6H6/c1-11-5-3-7-13(9-11)15-14-8-4-6-12(2)10-14;1-2-4-6-5-3-1/h3-10,15H,1-2H3;1-6H. The second-order valence-corrected chi connectivity index (χ2v) is 6.42. The highest BCUT2D eigenvalue weighted by Crippen LogP contribution is 2.12. The minimum Gasteiger partial charge on any atom is -0.0623 e. The van der Waals surface area contributed by atoms with E-state index in [1.165, 1.54) is 21.7 Å². The molecule has 0 saturated carbocycles. The van der Waals surface area contributed by atoms with E-state index in [0.29, 0.717) is 0 Å². The van der Waals surface area contributed by atoms with Gasteiger partial charge in [0.15, 0.2) is 0 Å². The van der Waals surface area contributed by atoms with Crippen molar-refractivity contribution in [2.24, 2.45) is 0 Å². The van der Waals surface area contributed by atoms with E-state index in [1.807, 2.05) is 36.4 Å². The predicted molar refractivity (Wildman–Crippen MR) is 96.4 cm³/mol. The molecule has 0 atom stereocenters. The van der Waals surface area contributed by atoms with Crippen LogP contribution in [0.5, 0.6) is 0 Å². The summed E-state index contributed by atoms with van der Waals surface area (Å²) in [6, 6.07) is 29.5. The lowest BCUT2D eigenvalue weighted by molar-refractivity contribution is 1.49. The third-order valence-electron chi connectivity index (χ3n) is 2.99. The van der Waals surface area contributed by atoms with Gasteiger partial charge in [0.1, 0.15) is 0 Å². The lowest BCUT2D eigenvalue weighted by Gasteiger charge is -2.04. The molecule has 0 spiro atoms. The fourth-order valence-electron chi connectivity index (χ4n) is 2.00. The van der Waals surface area contributed by atoms with Crippen molar-refractivity contribution >= 4 is 19.2 Å². The van der Waals surface area contributed by atoms with Crippen LogP contribution in [0.15, 0.2) is 84.9 Å². The normalized spacial score (nSPS) is 9.62. The minimum absolute atomic E-state index is 0.770. The fraction of sp³-hybridized carbons (Fsp3) is 0.100. The van der Waals surface area contributed by atoms with Gasteiger partial charge >= 0.3 is 0 Å². The van der Waals surface area contributed by atoms with Crippen molar-refractivity contribution in [3.8, 4) is 0 Å². The molecule has 3 rings (SSSR count). The largest absolute Gasteiger partial charge is 0.0623 e. The number of rotatable bonds is 2. The third kappa shape index (κ3) is 5.94. The molecule has 0 aromatic heterocycles. The van der Waals surface area contributed by atoms with Crippen LogP contribution in [0.1, 0.15) is 11.1 Å². The van der Waals surface area contributed by atoms with Crippen LogP contribution in [0.3, 0.4) is 0 Å². The molecule has 0 aliphatic rings. The molecular formula is C20H21P. The minimum atomic E-state index is 0.770. The Bertz CT molecular complexity index is 589. The van der Waals surface area contributed by atoms with Gasteiger partial charge in [0.05, 0.1) is 0 Å². The highest BCUT2D eigenvalue weighted by Gasteiger charge is 1.96. The highest BCUT2D eigenvalue weighted by molar-refractivity contribution is 7.55. The topological polar surface area (TPSA) is 0 Å². The summed E-state index contributed by atoms with van der Waals surface area (Å²) in [7, 11) is 0.770. The van der Waals surface area contributed by atoms with Crippen LogP contribution in [0, 0.1) is 13.8 Å². The van der Waals surface area contributed by atoms with Crippen LogP contribution in [0.4, 0.5) is 0 Å². The molecule has 0 heterocycles. The average molecular weight is 292 g/mol. The Morgan fingerprint density at radius 2 is 0.905 bits per heavy atom. The SMILES string of the molecule is Cc1cccc(Pc2cccc(C)c2)c1.c1ccccc1. The lowest BCUT2D eigenvalue weighted by Crippen LogP contribution is -2.03. The first kappa shape index (κ1) is 15.5. The Morgan fingerprint density at radius 3 is 1.24 bits per heavy atom. The number of hydrogen-bond donors (Lipinski definition) is 0. The van der Waals surface area contributed by atoms with E-state index in [9.17, 15) is 0 Å². The molecule has 3 aromatic rings. The molecule has 3 aromatic carbocycles. The third-order valence-corrected chi connectivity index (χ3v) is 4.19. The second kappa shape index (κ2) is 8.39. The van der Waals surface area contributed by atoms with Crippen LogP contribution in [0.25, 0.3) is 0 Å². The Hall–Kier alpha value is -1.91. The van der Waals surface area contributed by atoms with E-state index >= 15 is 0 Å². The second-order valence-electron chi connectivity index (χ2n) is 5.02. The van der Waals surface area contributed by atoms with Gasteiger partial charge in [0.2, 0.25) is 0 Å². The summed E-state index contributed by atoms with van der Waals surface area (Å²) in [5.74, 6) is 0. The van der Waals surface area contributed by atoms with Gasteiger partial charge in [-0.1, -0.05) is 105 Å². The van der Waals surface area contributed by atoms with Gasteiger partial charge in [-0.25, -0.2) is 0 Å². The van der Waals surface area contributed by atoms with Crippen molar-refractivity contribution in [1.29, 1.82) is 0 Å². The average Bonchev–Trinajstić information content (AvgIpc) is 2.50. The van der Waals surface area contributed by atoms with Crippen LogP contribution in [-0.2, 0) is 0 Å². The summed E-state index contributed by atoms with van der Waals surface area (Å²) < 4.78 is 0. The quantitative estimate of drug-likeness (QED) is 0.605. The Morgan fingerprint density at radius 1 is 0.524 bits per heavy atom. The Labute approximate surface area is 129 Å². The molecule has 0 radical (unpaired) electrons. The molecular weight excluding hydrogens is 271 g/mol. The van der Waals surface area contributed by atoms with Crippen molar-refractivity contribution in [3.05, 3.63) is 96.1 Å². The Kier molecular flexibility index (Phi) is 6.19. The van der Waals surface area contributed by atoms with Gasteiger partial charge in [-0.3, -0.25) is 0 Å². The first-order chi connectivity index (χ1) is 10.2. The number of benzene rings is 3.